The minimum absolute atomic E-state index is 0.111. The van der Waals surface area contributed by atoms with Crippen molar-refractivity contribution in [2.45, 2.75) is 18.5 Å². The monoisotopic (exact) mass is 446 g/mol. The molecule has 0 radical (unpaired) electrons. The Hall–Kier alpha value is -2.39. The van der Waals surface area contributed by atoms with E-state index in [2.05, 4.69) is 4.90 Å². The van der Waals surface area contributed by atoms with Gasteiger partial charge in [0, 0.05) is 17.5 Å². The SMILES string of the molecule is O=S1(=O)C[C@@H]2[C@@H](C1)N=C(SCCCOc1ccccc1)N2c1ccc2c(c1)OCO2. The third kappa shape index (κ3) is 3.96. The van der Waals surface area contributed by atoms with Crippen molar-refractivity contribution in [2.75, 3.05) is 35.6 Å². The van der Waals surface area contributed by atoms with Gasteiger partial charge in [-0.25, -0.2) is 8.42 Å². The number of amidine groups is 1. The maximum absolute atomic E-state index is 12.2. The highest BCUT2D eigenvalue weighted by atomic mass is 32.2. The topological polar surface area (TPSA) is 77.4 Å². The second-order valence-electron chi connectivity index (χ2n) is 7.39. The van der Waals surface area contributed by atoms with Crippen LogP contribution >= 0.6 is 11.8 Å². The summed E-state index contributed by atoms with van der Waals surface area (Å²) < 4.78 is 41.0. The lowest BCUT2D eigenvalue weighted by Gasteiger charge is -2.26. The number of anilines is 1. The predicted molar refractivity (Wildman–Crippen MR) is 118 cm³/mol. The van der Waals surface area contributed by atoms with Gasteiger partial charge in [-0.15, -0.1) is 0 Å². The molecule has 1 saturated heterocycles. The first-order chi connectivity index (χ1) is 14.6. The van der Waals surface area contributed by atoms with Crippen molar-refractivity contribution >= 4 is 32.5 Å². The smallest absolute Gasteiger partial charge is 0.231 e. The van der Waals surface area contributed by atoms with E-state index in [1.165, 1.54) is 0 Å². The molecule has 0 amide bonds. The van der Waals surface area contributed by atoms with E-state index in [9.17, 15) is 8.42 Å². The molecule has 2 aromatic carbocycles. The van der Waals surface area contributed by atoms with Crippen molar-refractivity contribution in [3.05, 3.63) is 48.5 Å². The summed E-state index contributed by atoms with van der Waals surface area (Å²) in [4.78, 5) is 6.82. The zero-order chi connectivity index (χ0) is 20.6. The van der Waals surface area contributed by atoms with Crippen LogP contribution in [0, 0.1) is 0 Å². The van der Waals surface area contributed by atoms with Crippen molar-refractivity contribution in [3.8, 4) is 17.2 Å². The van der Waals surface area contributed by atoms with E-state index in [0.29, 0.717) is 18.1 Å². The Kier molecular flexibility index (Phi) is 5.24. The molecule has 0 aliphatic carbocycles. The van der Waals surface area contributed by atoms with Crippen molar-refractivity contribution in [2.24, 2.45) is 4.99 Å². The van der Waals surface area contributed by atoms with Gasteiger partial charge < -0.3 is 19.1 Å². The number of aliphatic imine (C=N–C) groups is 1. The molecule has 7 nitrogen and oxygen atoms in total. The number of benzene rings is 2. The molecule has 0 aromatic heterocycles. The zero-order valence-corrected chi connectivity index (χ0v) is 17.9. The van der Waals surface area contributed by atoms with Crippen LogP contribution in [-0.4, -0.2) is 56.3 Å². The van der Waals surface area contributed by atoms with Crippen molar-refractivity contribution in [3.63, 3.8) is 0 Å². The second-order valence-corrected chi connectivity index (χ2v) is 10.6. The van der Waals surface area contributed by atoms with Crippen LogP contribution in [0.1, 0.15) is 6.42 Å². The van der Waals surface area contributed by atoms with Gasteiger partial charge >= 0.3 is 0 Å². The van der Waals surface area contributed by atoms with Crippen LogP contribution in [0.15, 0.2) is 53.5 Å². The molecule has 1 fully saturated rings. The van der Waals surface area contributed by atoms with E-state index in [1.807, 2.05) is 48.5 Å². The summed E-state index contributed by atoms with van der Waals surface area (Å²) in [6.45, 7) is 0.825. The van der Waals surface area contributed by atoms with E-state index < -0.39 is 9.84 Å². The lowest BCUT2D eigenvalue weighted by Crippen LogP contribution is -2.39. The molecule has 158 valence electrons. The molecule has 2 aromatic rings. The van der Waals surface area contributed by atoms with Crippen molar-refractivity contribution < 1.29 is 22.6 Å². The standard InChI is InChI=1S/C21H22N2O5S2/c24-30(25)12-17-18(13-30)23(15-7-8-19-20(11-15)28-14-27-19)21(22-17)29-10-4-9-26-16-5-2-1-3-6-16/h1-3,5-8,11,17-18H,4,9-10,12-14H2/t17-,18-/m1/s1. The number of hydrogen-bond acceptors (Lipinski definition) is 8. The third-order valence-electron chi connectivity index (χ3n) is 5.27. The normalized spacial score (nSPS) is 23.3. The zero-order valence-electron chi connectivity index (χ0n) is 16.3. The Labute approximate surface area is 179 Å². The number of nitrogens with zero attached hydrogens (tertiary/aromatic N) is 2. The highest BCUT2D eigenvalue weighted by Crippen LogP contribution is 2.40. The summed E-state index contributed by atoms with van der Waals surface area (Å²) in [5.74, 6) is 3.31. The number of thioether (sulfide) groups is 1. The number of ether oxygens (including phenoxy) is 3. The van der Waals surface area contributed by atoms with Crippen LogP contribution in [0.2, 0.25) is 0 Å². The van der Waals surface area contributed by atoms with Gasteiger partial charge in [-0.2, -0.15) is 0 Å². The Morgan fingerprint density at radius 3 is 2.80 bits per heavy atom. The Balaban J connectivity index is 1.27. The van der Waals surface area contributed by atoms with Crippen molar-refractivity contribution in [1.29, 1.82) is 0 Å². The number of para-hydroxylation sites is 1. The van der Waals surface area contributed by atoms with E-state index in [1.54, 1.807) is 11.8 Å². The summed E-state index contributed by atoms with van der Waals surface area (Å²) in [5, 5.41) is 0.860. The first-order valence-electron chi connectivity index (χ1n) is 9.87. The average Bonchev–Trinajstić information content (AvgIpc) is 3.39. The highest BCUT2D eigenvalue weighted by molar-refractivity contribution is 8.14. The molecule has 30 heavy (non-hydrogen) atoms. The predicted octanol–water partition coefficient (Wildman–Crippen LogP) is 2.96. The molecule has 0 saturated carbocycles. The summed E-state index contributed by atoms with van der Waals surface area (Å²) in [5.41, 5.74) is 0.885. The summed E-state index contributed by atoms with van der Waals surface area (Å²) >= 11 is 1.64. The molecular weight excluding hydrogens is 424 g/mol. The third-order valence-corrected chi connectivity index (χ3v) is 8.03. The van der Waals surface area contributed by atoms with Crippen LogP contribution in [0.3, 0.4) is 0 Å². The van der Waals surface area contributed by atoms with Gasteiger partial charge in [0.1, 0.15) is 5.75 Å². The molecule has 0 unspecified atom stereocenters. The van der Waals surface area contributed by atoms with E-state index in [-0.39, 0.29) is 30.4 Å². The quantitative estimate of drug-likeness (QED) is 0.632. The molecule has 0 spiro atoms. The van der Waals surface area contributed by atoms with Crippen LogP contribution in [0.25, 0.3) is 0 Å². The minimum Gasteiger partial charge on any atom is -0.494 e. The maximum atomic E-state index is 12.2. The van der Waals surface area contributed by atoms with Gasteiger partial charge in [-0.1, -0.05) is 30.0 Å². The fourth-order valence-electron chi connectivity index (χ4n) is 3.90. The van der Waals surface area contributed by atoms with Crippen LogP contribution in [0.4, 0.5) is 5.69 Å². The first kappa shape index (κ1) is 19.6. The van der Waals surface area contributed by atoms with Crippen LogP contribution < -0.4 is 19.1 Å². The molecule has 0 N–H and O–H groups in total. The fraction of sp³-hybridized carbons (Fsp3) is 0.381. The Morgan fingerprint density at radius 2 is 1.93 bits per heavy atom. The van der Waals surface area contributed by atoms with Crippen LogP contribution in [-0.2, 0) is 9.84 Å². The number of hydrogen-bond donors (Lipinski definition) is 0. The van der Waals surface area contributed by atoms with Gasteiger partial charge in [0.15, 0.2) is 26.5 Å². The minimum atomic E-state index is -3.08. The molecule has 3 aliphatic heterocycles. The summed E-state index contributed by atoms with van der Waals surface area (Å²) in [6.07, 6.45) is 0.862. The van der Waals surface area contributed by atoms with Gasteiger partial charge in [0.25, 0.3) is 0 Å². The molecule has 5 rings (SSSR count). The van der Waals surface area contributed by atoms with Gasteiger partial charge in [0.05, 0.1) is 30.2 Å². The van der Waals surface area contributed by atoms with E-state index in [4.69, 9.17) is 19.2 Å². The van der Waals surface area contributed by atoms with Gasteiger partial charge in [0.2, 0.25) is 6.79 Å². The lowest BCUT2D eigenvalue weighted by atomic mass is 10.1. The Bertz CT molecular complexity index is 1060. The maximum Gasteiger partial charge on any atom is 0.231 e. The second kappa shape index (κ2) is 8.03. The summed E-state index contributed by atoms with van der Waals surface area (Å²) in [6, 6.07) is 15.1. The molecular formula is C21H22N2O5S2. The van der Waals surface area contributed by atoms with Gasteiger partial charge in [-0.3, -0.25) is 4.99 Å². The number of rotatable bonds is 6. The van der Waals surface area contributed by atoms with Gasteiger partial charge in [-0.05, 0) is 30.7 Å². The summed E-state index contributed by atoms with van der Waals surface area (Å²) in [7, 11) is -3.08. The van der Waals surface area contributed by atoms with Crippen LogP contribution in [0.5, 0.6) is 17.2 Å². The Morgan fingerprint density at radius 1 is 1.10 bits per heavy atom. The van der Waals surface area contributed by atoms with Crippen molar-refractivity contribution in [1.82, 2.24) is 0 Å². The molecule has 0 bridgehead atoms. The molecule has 2 atom stereocenters. The molecule has 9 heteroatoms. The molecule has 3 heterocycles. The largest absolute Gasteiger partial charge is 0.494 e. The molecule has 3 aliphatic rings. The van der Waals surface area contributed by atoms with E-state index in [0.717, 1.165) is 28.8 Å². The lowest BCUT2D eigenvalue weighted by molar-refractivity contribution is 0.174. The number of sulfone groups is 1. The first-order valence-corrected chi connectivity index (χ1v) is 12.7. The number of fused-ring (bicyclic) bond motifs is 2. The fourth-order valence-corrected chi connectivity index (χ4v) is 6.78. The highest BCUT2D eigenvalue weighted by Gasteiger charge is 2.47. The average molecular weight is 447 g/mol. The van der Waals surface area contributed by atoms with E-state index >= 15 is 0 Å².